The summed E-state index contributed by atoms with van der Waals surface area (Å²) in [5.74, 6) is 0. The lowest BCUT2D eigenvalue weighted by Crippen LogP contribution is -2.32. The zero-order valence-corrected chi connectivity index (χ0v) is 11.5. The van der Waals surface area contributed by atoms with Crippen molar-refractivity contribution in [3.63, 3.8) is 0 Å². The second-order valence-electron chi connectivity index (χ2n) is 4.54. The summed E-state index contributed by atoms with van der Waals surface area (Å²) in [5, 5.41) is 10.1. The number of aliphatic hydroxyl groups excluding tert-OH is 1. The Morgan fingerprint density at radius 3 is 2.71 bits per heavy atom. The Bertz CT molecular complexity index is 347. The van der Waals surface area contributed by atoms with E-state index in [1.807, 2.05) is 0 Å². The fourth-order valence-electron chi connectivity index (χ4n) is 2.12. The molecule has 0 saturated carbocycles. The van der Waals surface area contributed by atoms with E-state index in [2.05, 4.69) is 28.6 Å². The van der Waals surface area contributed by atoms with Crippen LogP contribution in [0.4, 0.5) is 5.13 Å². The summed E-state index contributed by atoms with van der Waals surface area (Å²) in [6, 6.07) is 0. The molecule has 0 unspecified atom stereocenters. The van der Waals surface area contributed by atoms with Crippen LogP contribution in [0.1, 0.15) is 17.0 Å². The van der Waals surface area contributed by atoms with Gasteiger partial charge in [-0.3, -0.25) is 4.90 Å². The third-order valence-electron chi connectivity index (χ3n) is 3.29. The summed E-state index contributed by atoms with van der Waals surface area (Å²) in [4.78, 5) is 10.6. The average Bonchev–Trinajstić information content (AvgIpc) is 2.54. The van der Waals surface area contributed by atoms with Crippen molar-refractivity contribution in [2.45, 2.75) is 20.3 Å². The Kier molecular flexibility index (Phi) is 4.36. The van der Waals surface area contributed by atoms with Gasteiger partial charge in [-0.05, 0) is 26.8 Å². The number of aromatic nitrogens is 1. The Morgan fingerprint density at radius 1 is 1.24 bits per heavy atom. The van der Waals surface area contributed by atoms with Gasteiger partial charge >= 0.3 is 0 Å². The van der Waals surface area contributed by atoms with E-state index in [0.29, 0.717) is 0 Å². The SMILES string of the molecule is Cc1nc(N2CCCN(CCO)CC2)sc1C. The molecule has 0 amide bonds. The first kappa shape index (κ1) is 12.8. The minimum atomic E-state index is 0.259. The fourth-order valence-corrected chi connectivity index (χ4v) is 3.08. The summed E-state index contributed by atoms with van der Waals surface area (Å²) in [7, 11) is 0. The molecule has 1 N–H and O–H groups in total. The molecular weight excluding hydrogens is 234 g/mol. The maximum absolute atomic E-state index is 8.97. The summed E-state index contributed by atoms with van der Waals surface area (Å²) < 4.78 is 0. The molecule has 0 bridgehead atoms. The van der Waals surface area contributed by atoms with Crippen LogP contribution >= 0.6 is 11.3 Å². The molecule has 1 aromatic heterocycles. The van der Waals surface area contributed by atoms with Crippen molar-refractivity contribution in [3.05, 3.63) is 10.6 Å². The molecule has 5 heteroatoms. The van der Waals surface area contributed by atoms with E-state index < -0.39 is 0 Å². The molecule has 0 aromatic carbocycles. The first-order chi connectivity index (χ1) is 8.20. The van der Waals surface area contributed by atoms with Crippen LogP contribution in [-0.2, 0) is 0 Å². The molecule has 1 saturated heterocycles. The molecule has 2 heterocycles. The smallest absolute Gasteiger partial charge is 0.185 e. The molecular formula is C12H21N3OS. The van der Waals surface area contributed by atoms with Crippen LogP contribution in [0.3, 0.4) is 0 Å². The fraction of sp³-hybridized carbons (Fsp3) is 0.750. The topological polar surface area (TPSA) is 39.6 Å². The minimum absolute atomic E-state index is 0.259. The van der Waals surface area contributed by atoms with Crippen molar-refractivity contribution in [3.8, 4) is 0 Å². The maximum Gasteiger partial charge on any atom is 0.185 e. The lowest BCUT2D eigenvalue weighted by molar-refractivity contribution is 0.204. The van der Waals surface area contributed by atoms with Gasteiger partial charge in [-0.2, -0.15) is 0 Å². The van der Waals surface area contributed by atoms with Crippen molar-refractivity contribution >= 4 is 16.5 Å². The van der Waals surface area contributed by atoms with Crippen molar-refractivity contribution in [1.82, 2.24) is 9.88 Å². The van der Waals surface area contributed by atoms with Crippen LogP contribution in [0.15, 0.2) is 0 Å². The van der Waals surface area contributed by atoms with Crippen LogP contribution in [0.2, 0.25) is 0 Å². The first-order valence-corrected chi connectivity index (χ1v) is 7.04. The molecule has 4 nitrogen and oxygen atoms in total. The Hall–Kier alpha value is -0.650. The Morgan fingerprint density at radius 2 is 2.06 bits per heavy atom. The predicted octanol–water partition coefficient (Wildman–Crippen LogP) is 1.26. The summed E-state index contributed by atoms with van der Waals surface area (Å²) in [5.41, 5.74) is 1.15. The maximum atomic E-state index is 8.97. The highest BCUT2D eigenvalue weighted by Gasteiger charge is 2.17. The highest BCUT2D eigenvalue weighted by molar-refractivity contribution is 7.15. The van der Waals surface area contributed by atoms with Gasteiger partial charge in [-0.1, -0.05) is 0 Å². The van der Waals surface area contributed by atoms with Crippen molar-refractivity contribution in [1.29, 1.82) is 0 Å². The Labute approximate surface area is 107 Å². The lowest BCUT2D eigenvalue weighted by Gasteiger charge is -2.20. The average molecular weight is 255 g/mol. The highest BCUT2D eigenvalue weighted by atomic mass is 32.1. The first-order valence-electron chi connectivity index (χ1n) is 6.23. The number of thiazole rings is 1. The molecule has 0 atom stereocenters. The molecule has 0 aliphatic carbocycles. The third kappa shape index (κ3) is 3.18. The van der Waals surface area contributed by atoms with E-state index in [4.69, 9.17) is 5.11 Å². The second kappa shape index (κ2) is 5.80. The number of hydrogen-bond donors (Lipinski definition) is 1. The summed E-state index contributed by atoms with van der Waals surface area (Å²) in [6.45, 7) is 9.47. The molecule has 1 fully saturated rings. The van der Waals surface area contributed by atoms with E-state index in [-0.39, 0.29) is 6.61 Å². The van der Waals surface area contributed by atoms with E-state index >= 15 is 0 Å². The number of hydrogen-bond acceptors (Lipinski definition) is 5. The van der Waals surface area contributed by atoms with E-state index in [1.165, 1.54) is 4.88 Å². The van der Waals surface area contributed by atoms with Gasteiger partial charge in [0.1, 0.15) is 0 Å². The molecule has 1 aliphatic rings. The second-order valence-corrected chi connectivity index (χ2v) is 5.73. The largest absolute Gasteiger partial charge is 0.395 e. The molecule has 1 aliphatic heterocycles. The number of rotatable bonds is 3. The van der Waals surface area contributed by atoms with Crippen LogP contribution in [0.25, 0.3) is 0 Å². The Balaban J connectivity index is 1.98. The molecule has 0 radical (unpaired) electrons. The lowest BCUT2D eigenvalue weighted by atomic mass is 10.4. The van der Waals surface area contributed by atoms with Crippen LogP contribution in [-0.4, -0.2) is 54.3 Å². The molecule has 0 spiro atoms. The van der Waals surface area contributed by atoms with Gasteiger partial charge in [0.25, 0.3) is 0 Å². The van der Waals surface area contributed by atoms with Gasteiger partial charge in [0.05, 0.1) is 12.3 Å². The van der Waals surface area contributed by atoms with Crippen LogP contribution < -0.4 is 4.90 Å². The van der Waals surface area contributed by atoms with Crippen molar-refractivity contribution in [2.24, 2.45) is 0 Å². The standard InChI is InChI=1S/C12H21N3OS/c1-10-11(2)17-12(13-10)15-5-3-4-14(6-7-15)8-9-16/h16H,3-9H2,1-2H3. The zero-order valence-electron chi connectivity index (χ0n) is 10.6. The predicted molar refractivity (Wildman–Crippen MR) is 71.9 cm³/mol. The number of anilines is 1. The number of β-amino-alcohol motifs (C(OH)–C–C–N with tert-alkyl or cyclic N) is 1. The van der Waals surface area contributed by atoms with E-state index in [9.17, 15) is 0 Å². The highest BCUT2D eigenvalue weighted by Crippen LogP contribution is 2.25. The number of aryl methyl sites for hydroxylation is 2. The monoisotopic (exact) mass is 255 g/mol. The van der Waals surface area contributed by atoms with Crippen LogP contribution in [0, 0.1) is 13.8 Å². The van der Waals surface area contributed by atoms with E-state index in [0.717, 1.165) is 50.0 Å². The molecule has 2 rings (SSSR count). The van der Waals surface area contributed by atoms with E-state index in [1.54, 1.807) is 11.3 Å². The number of aliphatic hydroxyl groups is 1. The normalized spacial score (nSPS) is 18.4. The van der Waals surface area contributed by atoms with Crippen molar-refractivity contribution in [2.75, 3.05) is 44.2 Å². The zero-order chi connectivity index (χ0) is 12.3. The molecule has 96 valence electrons. The quantitative estimate of drug-likeness (QED) is 0.883. The van der Waals surface area contributed by atoms with Gasteiger partial charge in [0, 0.05) is 31.1 Å². The van der Waals surface area contributed by atoms with Gasteiger partial charge < -0.3 is 10.0 Å². The van der Waals surface area contributed by atoms with Gasteiger partial charge in [-0.25, -0.2) is 4.98 Å². The molecule has 1 aromatic rings. The van der Waals surface area contributed by atoms with Crippen LogP contribution in [0.5, 0.6) is 0 Å². The van der Waals surface area contributed by atoms with Gasteiger partial charge in [-0.15, -0.1) is 11.3 Å². The van der Waals surface area contributed by atoms with Gasteiger partial charge in [0.2, 0.25) is 0 Å². The number of nitrogens with zero attached hydrogens (tertiary/aromatic N) is 3. The summed E-state index contributed by atoms with van der Waals surface area (Å²) >= 11 is 1.79. The van der Waals surface area contributed by atoms with Gasteiger partial charge in [0.15, 0.2) is 5.13 Å². The molecule has 17 heavy (non-hydrogen) atoms. The minimum Gasteiger partial charge on any atom is -0.395 e. The third-order valence-corrected chi connectivity index (χ3v) is 4.43. The van der Waals surface area contributed by atoms with Crippen molar-refractivity contribution < 1.29 is 5.11 Å². The summed E-state index contributed by atoms with van der Waals surface area (Å²) in [6.07, 6.45) is 1.15.